The highest BCUT2D eigenvalue weighted by Gasteiger charge is 2.23. The maximum Gasteiger partial charge on any atom is 0.326 e. The van der Waals surface area contributed by atoms with Gasteiger partial charge in [-0.2, -0.15) is 0 Å². The van der Waals surface area contributed by atoms with Gasteiger partial charge in [-0.05, 0) is 41.5 Å². The second-order valence-corrected chi connectivity index (χ2v) is 10.0. The lowest BCUT2D eigenvalue weighted by Gasteiger charge is -2.17. The molecule has 9 nitrogen and oxygen atoms in total. The Labute approximate surface area is 214 Å². The Morgan fingerprint density at radius 2 is 1.61 bits per heavy atom. The summed E-state index contributed by atoms with van der Waals surface area (Å²) < 4.78 is 35.9. The molecule has 0 heterocycles. The Morgan fingerprint density at radius 3 is 2.11 bits per heavy atom. The van der Waals surface area contributed by atoms with Crippen LogP contribution >= 0.6 is 11.6 Å². The Morgan fingerprint density at radius 1 is 1.00 bits per heavy atom. The van der Waals surface area contributed by atoms with Crippen LogP contribution in [0.4, 0.5) is 5.69 Å². The average molecular weight is 533 g/mol. The number of halogens is 1. The van der Waals surface area contributed by atoms with Crippen molar-refractivity contribution in [2.24, 2.45) is 0 Å². The quantitative estimate of drug-likeness (QED) is 0.361. The number of hydrogen-bond acceptors (Lipinski definition) is 6. The molecule has 3 aromatic carbocycles. The van der Waals surface area contributed by atoms with Crippen LogP contribution in [0.1, 0.15) is 15.9 Å². The van der Waals surface area contributed by atoms with Gasteiger partial charge in [-0.15, -0.1) is 0 Å². The molecule has 0 bridgehead atoms. The normalized spacial score (nSPS) is 11.9. The van der Waals surface area contributed by atoms with E-state index in [1.165, 1.54) is 18.2 Å². The molecule has 0 aliphatic carbocycles. The molecule has 0 saturated heterocycles. The van der Waals surface area contributed by atoms with Gasteiger partial charge in [0, 0.05) is 12.1 Å². The topological polar surface area (TPSA) is 131 Å². The van der Waals surface area contributed by atoms with Gasteiger partial charge in [-0.1, -0.05) is 41.9 Å². The van der Waals surface area contributed by atoms with E-state index in [9.17, 15) is 23.1 Å². The summed E-state index contributed by atoms with van der Waals surface area (Å²) in [6.45, 7) is 0. The van der Waals surface area contributed by atoms with Gasteiger partial charge in [0.2, 0.25) is 10.0 Å². The van der Waals surface area contributed by atoms with Crippen molar-refractivity contribution in [3.8, 4) is 22.6 Å². The monoisotopic (exact) mass is 532 g/mol. The average Bonchev–Trinajstić information content (AvgIpc) is 2.82. The fraction of sp³-hybridized carbons (Fsp3) is 0.200. The van der Waals surface area contributed by atoms with Crippen molar-refractivity contribution in [1.82, 2.24) is 5.32 Å². The van der Waals surface area contributed by atoms with Gasteiger partial charge in [0.05, 0.1) is 36.6 Å². The first-order valence-electron chi connectivity index (χ1n) is 10.6. The summed E-state index contributed by atoms with van der Waals surface area (Å²) in [7, 11) is -0.393. The number of methoxy groups -OCH3 is 2. The maximum absolute atomic E-state index is 12.7. The van der Waals surface area contributed by atoms with E-state index in [1.54, 1.807) is 26.4 Å². The van der Waals surface area contributed by atoms with Crippen molar-refractivity contribution in [2.45, 2.75) is 12.5 Å². The van der Waals surface area contributed by atoms with Crippen molar-refractivity contribution < 1.29 is 32.6 Å². The van der Waals surface area contributed by atoms with E-state index in [2.05, 4.69) is 10.0 Å². The lowest BCUT2D eigenvalue weighted by Crippen LogP contribution is -2.42. The van der Waals surface area contributed by atoms with Gasteiger partial charge in [0.25, 0.3) is 5.91 Å². The fourth-order valence-electron chi connectivity index (χ4n) is 3.59. The van der Waals surface area contributed by atoms with E-state index in [4.69, 9.17) is 21.1 Å². The molecule has 3 N–H and O–H groups in total. The molecule has 3 rings (SSSR count). The number of carboxylic acids is 1. The van der Waals surface area contributed by atoms with Gasteiger partial charge in [-0.3, -0.25) is 9.52 Å². The highest BCUT2D eigenvalue weighted by Crippen LogP contribution is 2.38. The summed E-state index contributed by atoms with van der Waals surface area (Å²) >= 11 is 6.14. The van der Waals surface area contributed by atoms with Gasteiger partial charge in [0.1, 0.15) is 17.5 Å². The van der Waals surface area contributed by atoms with Crippen LogP contribution in [0.25, 0.3) is 11.1 Å². The second kappa shape index (κ2) is 11.3. The summed E-state index contributed by atoms with van der Waals surface area (Å²) in [6, 6.07) is 15.4. The van der Waals surface area contributed by atoms with E-state index in [-0.39, 0.29) is 22.7 Å². The summed E-state index contributed by atoms with van der Waals surface area (Å²) in [5, 5.41) is 12.1. The number of amides is 1. The number of carbonyl (C=O) groups is 2. The first kappa shape index (κ1) is 26.8. The van der Waals surface area contributed by atoms with E-state index in [0.717, 1.165) is 17.4 Å². The molecule has 0 aliphatic rings. The van der Waals surface area contributed by atoms with E-state index in [0.29, 0.717) is 17.1 Å². The lowest BCUT2D eigenvalue weighted by atomic mass is 9.99. The van der Waals surface area contributed by atoms with Crippen LogP contribution in [0.15, 0.2) is 60.7 Å². The highest BCUT2D eigenvalue weighted by molar-refractivity contribution is 7.92. The largest absolute Gasteiger partial charge is 0.496 e. The van der Waals surface area contributed by atoms with Crippen molar-refractivity contribution in [2.75, 3.05) is 25.2 Å². The van der Waals surface area contributed by atoms with E-state index in [1.807, 2.05) is 30.3 Å². The predicted octanol–water partition coefficient (Wildman–Crippen LogP) is 3.82. The molecule has 11 heteroatoms. The first-order chi connectivity index (χ1) is 17.0. The van der Waals surface area contributed by atoms with Crippen molar-refractivity contribution in [3.05, 3.63) is 76.8 Å². The zero-order valence-corrected chi connectivity index (χ0v) is 21.3. The summed E-state index contributed by atoms with van der Waals surface area (Å²) in [5.41, 5.74) is 2.46. The number of carbonyl (C=O) groups excluding carboxylic acids is 1. The summed E-state index contributed by atoms with van der Waals surface area (Å²) in [5.74, 6) is -0.654. The van der Waals surface area contributed by atoms with Crippen LogP contribution < -0.4 is 19.5 Å². The SMILES string of the molecule is COc1cccc(OC)c1-c1ccc(C[C@H](NC(=O)c2ccc(NS(C)(=O)=O)cc2Cl)C(=O)O)cc1. The number of sulfonamides is 1. The molecule has 3 aromatic rings. The summed E-state index contributed by atoms with van der Waals surface area (Å²) in [6.07, 6.45) is 1.01. The Hall–Kier alpha value is -3.76. The number of carboxylic acid groups (broad SMARTS) is 1. The van der Waals surface area contributed by atoms with Crippen molar-refractivity contribution in [3.63, 3.8) is 0 Å². The first-order valence-corrected chi connectivity index (χ1v) is 12.9. The standard InChI is InChI=1S/C25H25ClN2O7S/c1-34-21-5-4-6-22(35-2)23(21)16-9-7-15(8-10-16)13-20(25(30)31)27-24(29)18-12-11-17(14-19(18)26)28-36(3,32)33/h4-12,14,20,28H,13H2,1-3H3,(H,27,29)(H,30,31)/t20-/m0/s1. The van der Waals surface area contributed by atoms with Crippen LogP contribution in [-0.4, -0.2) is 51.9 Å². The predicted molar refractivity (Wildman–Crippen MR) is 137 cm³/mol. The molecule has 0 radical (unpaired) electrons. The van der Waals surface area contributed by atoms with Crippen LogP contribution in [0.2, 0.25) is 5.02 Å². The third-order valence-electron chi connectivity index (χ3n) is 5.23. The number of rotatable bonds is 10. The third kappa shape index (κ3) is 6.67. The van der Waals surface area contributed by atoms with Crippen LogP contribution in [0.5, 0.6) is 11.5 Å². The summed E-state index contributed by atoms with van der Waals surface area (Å²) in [4.78, 5) is 24.6. The molecule has 0 saturated carbocycles. The highest BCUT2D eigenvalue weighted by atomic mass is 35.5. The van der Waals surface area contributed by atoms with Gasteiger partial charge < -0.3 is 19.9 Å². The molecule has 0 unspecified atom stereocenters. The maximum atomic E-state index is 12.7. The molecule has 0 fully saturated rings. The molecule has 0 aliphatic heterocycles. The minimum absolute atomic E-state index is 0.0144. The van der Waals surface area contributed by atoms with E-state index < -0.39 is 27.9 Å². The zero-order chi connectivity index (χ0) is 26.5. The Bertz CT molecular complexity index is 1350. The molecule has 1 amide bonds. The van der Waals surface area contributed by atoms with Gasteiger partial charge in [-0.25, -0.2) is 13.2 Å². The number of ether oxygens (including phenoxy) is 2. The second-order valence-electron chi connectivity index (χ2n) is 7.87. The van der Waals surface area contributed by atoms with E-state index >= 15 is 0 Å². The molecule has 1 atom stereocenters. The molecule has 0 aromatic heterocycles. The minimum Gasteiger partial charge on any atom is -0.496 e. The van der Waals surface area contributed by atoms with Crippen molar-refractivity contribution >= 4 is 39.2 Å². The third-order valence-corrected chi connectivity index (χ3v) is 6.15. The fourth-order valence-corrected chi connectivity index (χ4v) is 4.41. The smallest absolute Gasteiger partial charge is 0.326 e. The Balaban J connectivity index is 1.77. The van der Waals surface area contributed by atoms with Crippen LogP contribution in [-0.2, 0) is 21.2 Å². The zero-order valence-electron chi connectivity index (χ0n) is 19.7. The molecule has 36 heavy (non-hydrogen) atoms. The van der Waals surface area contributed by atoms with Crippen LogP contribution in [0, 0.1) is 0 Å². The molecule has 0 spiro atoms. The minimum atomic E-state index is -3.52. The van der Waals surface area contributed by atoms with Crippen LogP contribution in [0.3, 0.4) is 0 Å². The Kier molecular flexibility index (Phi) is 8.44. The number of benzene rings is 3. The van der Waals surface area contributed by atoms with Crippen molar-refractivity contribution in [1.29, 1.82) is 0 Å². The van der Waals surface area contributed by atoms with Gasteiger partial charge in [0.15, 0.2) is 0 Å². The number of nitrogens with one attached hydrogen (secondary N) is 2. The lowest BCUT2D eigenvalue weighted by molar-refractivity contribution is -0.139. The molecular weight excluding hydrogens is 508 g/mol. The van der Waals surface area contributed by atoms with Gasteiger partial charge >= 0.3 is 5.97 Å². The molecular formula is C25H25ClN2O7S. The molecule has 190 valence electrons. The number of anilines is 1. The number of aliphatic carboxylic acids is 1. The number of hydrogen-bond donors (Lipinski definition) is 3.